The monoisotopic (exact) mass is 399 g/mol. The molecule has 1 heterocycles. The minimum absolute atomic E-state index is 0.125. The molecule has 146 valence electrons. The zero-order valence-corrected chi connectivity index (χ0v) is 16.7. The Morgan fingerprint density at radius 3 is 2.54 bits per heavy atom. The maximum absolute atomic E-state index is 12.3. The van der Waals surface area contributed by atoms with Crippen LogP contribution >= 0.6 is 11.6 Å². The number of carbonyl (C=O) groups is 1. The van der Waals surface area contributed by atoms with E-state index in [4.69, 9.17) is 20.9 Å². The first kappa shape index (κ1) is 19.9. The molecule has 0 saturated heterocycles. The molecule has 2 aromatic carbocycles. The summed E-state index contributed by atoms with van der Waals surface area (Å²) in [4.78, 5) is 16.7. The molecule has 28 heavy (non-hydrogen) atoms. The molecule has 1 atom stereocenters. The summed E-state index contributed by atoms with van der Waals surface area (Å²) in [5, 5.41) is 7.54. The Labute approximate surface area is 168 Å². The molecule has 1 unspecified atom stereocenters. The molecule has 7 heteroatoms. The van der Waals surface area contributed by atoms with Gasteiger partial charge in [0.1, 0.15) is 5.75 Å². The van der Waals surface area contributed by atoms with Gasteiger partial charge in [0.2, 0.25) is 0 Å². The van der Waals surface area contributed by atoms with Crippen molar-refractivity contribution in [3.63, 3.8) is 0 Å². The number of halogens is 1. The van der Waals surface area contributed by atoms with Crippen LogP contribution in [0.5, 0.6) is 5.75 Å². The van der Waals surface area contributed by atoms with Gasteiger partial charge in [-0.2, -0.15) is 4.98 Å². The smallest absolute Gasteiger partial charge is 0.261 e. The third kappa shape index (κ3) is 4.89. The van der Waals surface area contributed by atoms with Crippen molar-refractivity contribution < 1.29 is 14.1 Å². The van der Waals surface area contributed by atoms with Crippen LogP contribution in [0.15, 0.2) is 53.1 Å². The molecule has 0 radical (unpaired) electrons. The molecule has 0 bridgehead atoms. The van der Waals surface area contributed by atoms with Crippen molar-refractivity contribution in [2.24, 2.45) is 0 Å². The van der Waals surface area contributed by atoms with Gasteiger partial charge in [0.15, 0.2) is 12.4 Å². The average molecular weight is 400 g/mol. The fourth-order valence-electron chi connectivity index (χ4n) is 2.61. The average Bonchev–Trinajstić information content (AvgIpc) is 3.17. The van der Waals surface area contributed by atoms with Crippen molar-refractivity contribution in [2.45, 2.75) is 32.7 Å². The lowest BCUT2D eigenvalue weighted by Crippen LogP contribution is -2.31. The van der Waals surface area contributed by atoms with E-state index in [1.165, 1.54) is 0 Å². The van der Waals surface area contributed by atoms with E-state index in [-0.39, 0.29) is 24.5 Å². The van der Waals surface area contributed by atoms with Crippen LogP contribution in [0.4, 0.5) is 0 Å². The van der Waals surface area contributed by atoms with E-state index in [1.54, 1.807) is 18.2 Å². The number of nitrogens with zero attached hydrogens (tertiary/aromatic N) is 2. The maximum atomic E-state index is 12.3. The van der Waals surface area contributed by atoms with E-state index in [2.05, 4.69) is 15.5 Å². The van der Waals surface area contributed by atoms with Crippen molar-refractivity contribution in [1.29, 1.82) is 0 Å². The van der Waals surface area contributed by atoms with Crippen LogP contribution in [-0.2, 0) is 4.79 Å². The molecular formula is C21H22ClN3O3. The van der Waals surface area contributed by atoms with Crippen LogP contribution in [0.3, 0.4) is 0 Å². The molecule has 0 fully saturated rings. The first-order chi connectivity index (χ1) is 13.4. The molecule has 6 nitrogen and oxygen atoms in total. The molecule has 1 N–H and O–H groups in total. The third-order valence-corrected chi connectivity index (χ3v) is 4.43. The van der Waals surface area contributed by atoms with Gasteiger partial charge in [0.25, 0.3) is 11.8 Å². The molecule has 1 amide bonds. The first-order valence-corrected chi connectivity index (χ1v) is 9.42. The summed E-state index contributed by atoms with van der Waals surface area (Å²) < 4.78 is 11.1. The van der Waals surface area contributed by atoms with Crippen molar-refractivity contribution in [3.8, 4) is 17.2 Å². The molecular weight excluding hydrogens is 378 g/mol. The van der Waals surface area contributed by atoms with Crippen molar-refractivity contribution >= 4 is 17.5 Å². The molecule has 0 saturated carbocycles. The van der Waals surface area contributed by atoms with Gasteiger partial charge in [0, 0.05) is 10.9 Å². The lowest BCUT2D eigenvalue weighted by Gasteiger charge is -2.15. The number of para-hydroxylation sites is 1. The second-order valence-corrected chi connectivity index (χ2v) is 7.17. The highest BCUT2D eigenvalue weighted by Gasteiger charge is 2.16. The van der Waals surface area contributed by atoms with Crippen LogP contribution < -0.4 is 10.1 Å². The number of carbonyl (C=O) groups excluding carboxylic acids is 1. The van der Waals surface area contributed by atoms with Crippen LogP contribution in [0.2, 0.25) is 5.02 Å². The molecule has 0 aliphatic rings. The van der Waals surface area contributed by atoms with Crippen molar-refractivity contribution in [3.05, 3.63) is 64.9 Å². The van der Waals surface area contributed by atoms with Crippen molar-refractivity contribution in [2.75, 3.05) is 6.61 Å². The predicted octanol–water partition coefficient (Wildman–Crippen LogP) is 4.77. The van der Waals surface area contributed by atoms with Gasteiger partial charge < -0.3 is 14.6 Å². The third-order valence-electron chi connectivity index (χ3n) is 4.18. The fourth-order valence-corrected chi connectivity index (χ4v) is 2.74. The Hall–Kier alpha value is -2.86. The van der Waals surface area contributed by atoms with Crippen LogP contribution in [-0.4, -0.2) is 22.7 Å². The highest BCUT2D eigenvalue weighted by atomic mass is 35.5. The minimum atomic E-state index is -0.231. The van der Waals surface area contributed by atoms with Crippen LogP contribution in [0.1, 0.15) is 44.1 Å². The summed E-state index contributed by atoms with van der Waals surface area (Å²) >= 11 is 5.90. The molecule has 0 aliphatic carbocycles. The van der Waals surface area contributed by atoms with Gasteiger partial charge in [-0.3, -0.25) is 4.79 Å². The number of benzene rings is 2. The van der Waals surface area contributed by atoms with Gasteiger partial charge in [0.05, 0.1) is 11.6 Å². The predicted molar refractivity (Wildman–Crippen MR) is 107 cm³/mol. The van der Waals surface area contributed by atoms with E-state index < -0.39 is 0 Å². The molecule has 0 aliphatic heterocycles. The molecule has 1 aromatic heterocycles. The number of amides is 1. The summed E-state index contributed by atoms with van der Waals surface area (Å²) in [6.07, 6.45) is 0. The van der Waals surface area contributed by atoms with Crippen molar-refractivity contribution in [1.82, 2.24) is 15.5 Å². The topological polar surface area (TPSA) is 77.2 Å². The molecule has 0 spiro atoms. The Morgan fingerprint density at radius 2 is 1.86 bits per heavy atom. The Bertz CT molecular complexity index is 938. The maximum Gasteiger partial charge on any atom is 0.261 e. The zero-order chi connectivity index (χ0) is 20.1. The number of rotatable bonds is 7. The number of hydrogen-bond donors (Lipinski definition) is 1. The van der Waals surface area contributed by atoms with Crippen LogP contribution in [0, 0.1) is 0 Å². The summed E-state index contributed by atoms with van der Waals surface area (Å²) in [6, 6.07) is 14.5. The second-order valence-electron chi connectivity index (χ2n) is 6.74. The van der Waals surface area contributed by atoms with E-state index in [0.717, 1.165) is 5.56 Å². The van der Waals surface area contributed by atoms with Crippen LogP contribution in [0.25, 0.3) is 11.5 Å². The van der Waals surface area contributed by atoms with Gasteiger partial charge in [-0.25, -0.2) is 0 Å². The Morgan fingerprint density at radius 1 is 1.14 bits per heavy atom. The van der Waals surface area contributed by atoms with E-state index in [0.29, 0.717) is 28.1 Å². The van der Waals surface area contributed by atoms with E-state index in [9.17, 15) is 4.79 Å². The number of hydrogen-bond acceptors (Lipinski definition) is 5. The number of ether oxygens (including phenoxy) is 1. The summed E-state index contributed by atoms with van der Waals surface area (Å²) in [5.41, 5.74) is 1.62. The lowest BCUT2D eigenvalue weighted by molar-refractivity contribution is -0.123. The van der Waals surface area contributed by atoms with Gasteiger partial charge in [-0.15, -0.1) is 0 Å². The fraction of sp³-hybridized carbons (Fsp3) is 0.286. The first-order valence-electron chi connectivity index (χ1n) is 9.04. The minimum Gasteiger partial charge on any atom is -0.483 e. The Balaban J connectivity index is 1.64. The van der Waals surface area contributed by atoms with E-state index in [1.807, 2.05) is 51.1 Å². The quantitative estimate of drug-likeness (QED) is 0.619. The summed E-state index contributed by atoms with van der Waals surface area (Å²) in [5.74, 6) is 1.43. The largest absolute Gasteiger partial charge is 0.483 e. The Kier molecular flexibility index (Phi) is 6.31. The zero-order valence-electron chi connectivity index (χ0n) is 16.0. The number of nitrogens with one attached hydrogen (secondary N) is 1. The SMILES string of the molecule is CC(C)c1noc(-c2ccccc2OCC(=O)NC(C)c2ccc(Cl)cc2)n1. The second kappa shape index (κ2) is 8.89. The molecule has 3 rings (SSSR count). The normalized spacial score (nSPS) is 12.0. The lowest BCUT2D eigenvalue weighted by atomic mass is 10.1. The van der Waals surface area contributed by atoms with E-state index >= 15 is 0 Å². The summed E-state index contributed by atoms with van der Waals surface area (Å²) in [7, 11) is 0. The van der Waals surface area contributed by atoms with Gasteiger partial charge >= 0.3 is 0 Å². The molecule has 3 aromatic rings. The standard InChI is InChI=1S/C21H22ClN3O3/c1-13(2)20-24-21(28-25-20)17-6-4-5-7-18(17)27-12-19(26)23-14(3)15-8-10-16(22)11-9-15/h4-11,13-14H,12H2,1-3H3,(H,23,26). The highest BCUT2D eigenvalue weighted by Crippen LogP contribution is 2.29. The van der Waals surface area contributed by atoms with Gasteiger partial charge in [-0.1, -0.05) is 54.9 Å². The number of aromatic nitrogens is 2. The van der Waals surface area contributed by atoms with Gasteiger partial charge in [-0.05, 0) is 36.8 Å². The summed E-state index contributed by atoms with van der Waals surface area (Å²) in [6.45, 7) is 5.76. The highest BCUT2D eigenvalue weighted by molar-refractivity contribution is 6.30.